The van der Waals surface area contributed by atoms with Gasteiger partial charge in [-0.05, 0) is 25.1 Å². The van der Waals surface area contributed by atoms with Crippen molar-refractivity contribution in [3.8, 4) is 0 Å². The van der Waals surface area contributed by atoms with E-state index in [9.17, 15) is 0 Å². The minimum atomic E-state index is 0.211. The van der Waals surface area contributed by atoms with Crippen LogP contribution in [-0.2, 0) is 6.42 Å². The van der Waals surface area contributed by atoms with Crippen molar-refractivity contribution < 1.29 is 4.42 Å². The Morgan fingerprint density at radius 1 is 1.36 bits per heavy atom. The lowest BCUT2D eigenvalue weighted by molar-refractivity contribution is 0.426. The molecule has 0 aliphatic heterocycles. The number of rotatable bonds is 4. The van der Waals surface area contributed by atoms with Crippen LogP contribution in [0.3, 0.4) is 0 Å². The summed E-state index contributed by atoms with van der Waals surface area (Å²) in [4.78, 5) is 0. The van der Waals surface area contributed by atoms with E-state index in [2.05, 4.69) is 20.8 Å². The third kappa shape index (κ3) is 4.20. The Balaban J connectivity index is 2.51. The molecule has 3 heteroatoms. The van der Waals surface area contributed by atoms with Crippen LogP contribution in [0.5, 0.6) is 0 Å². The second-order valence-electron chi connectivity index (χ2n) is 4.33. The van der Waals surface area contributed by atoms with Gasteiger partial charge in [0.25, 0.3) is 0 Å². The molecule has 80 valence electrons. The summed E-state index contributed by atoms with van der Waals surface area (Å²) in [6.07, 6.45) is 1.94. The van der Waals surface area contributed by atoms with E-state index in [4.69, 9.17) is 10.2 Å². The van der Waals surface area contributed by atoms with E-state index in [0.29, 0.717) is 0 Å². The first-order valence-electron chi connectivity index (χ1n) is 4.99. The predicted octanol–water partition coefficient (Wildman–Crippen LogP) is 3.06. The maximum atomic E-state index is 5.67. The van der Waals surface area contributed by atoms with Gasteiger partial charge in [0.1, 0.15) is 5.76 Å². The molecule has 0 bridgehead atoms. The normalized spacial score (nSPS) is 12.0. The smallest absolute Gasteiger partial charge is 0.160 e. The van der Waals surface area contributed by atoms with E-state index in [1.807, 2.05) is 12.1 Å². The maximum absolute atomic E-state index is 5.67. The van der Waals surface area contributed by atoms with E-state index < -0.39 is 0 Å². The second-order valence-corrected chi connectivity index (χ2v) is 6.16. The van der Waals surface area contributed by atoms with E-state index in [1.165, 1.54) is 0 Å². The molecule has 1 aromatic rings. The highest BCUT2D eigenvalue weighted by Crippen LogP contribution is 2.33. The quantitative estimate of drug-likeness (QED) is 0.781. The third-order valence-corrected chi connectivity index (χ3v) is 2.70. The first-order valence-corrected chi connectivity index (χ1v) is 5.81. The van der Waals surface area contributed by atoms with Crippen LogP contribution in [-0.4, -0.2) is 11.3 Å². The molecular formula is C11H19NOS. The summed E-state index contributed by atoms with van der Waals surface area (Å²) in [7, 11) is 0. The van der Waals surface area contributed by atoms with Crippen LogP contribution < -0.4 is 5.73 Å². The molecule has 0 amide bonds. The van der Waals surface area contributed by atoms with Gasteiger partial charge in [0.15, 0.2) is 5.09 Å². The van der Waals surface area contributed by atoms with E-state index in [1.54, 1.807) is 11.8 Å². The summed E-state index contributed by atoms with van der Waals surface area (Å²) < 4.78 is 5.88. The molecule has 0 saturated carbocycles. The van der Waals surface area contributed by atoms with Gasteiger partial charge in [0.2, 0.25) is 0 Å². The van der Waals surface area contributed by atoms with Crippen LogP contribution in [0.15, 0.2) is 21.6 Å². The fourth-order valence-corrected chi connectivity index (χ4v) is 2.01. The third-order valence-electron chi connectivity index (χ3n) is 1.67. The van der Waals surface area contributed by atoms with Gasteiger partial charge in [-0.15, -0.1) is 0 Å². The van der Waals surface area contributed by atoms with Crippen molar-refractivity contribution in [1.29, 1.82) is 0 Å². The zero-order valence-electron chi connectivity index (χ0n) is 9.17. The first kappa shape index (κ1) is 11.7. The molecule has 0 unspecified atom stereocenters. The molecule has 2 nitrogen and oxygen atoms in total. The number of thioether (sulfide) groups is 1. The molecule has 1 rings (SSSR count). The summed E-state index contributed by atoms with van der Waals surface area (Å²) in [5.41, 5.74) is 5.44. The fraction of sp³-hybridized carbons (Fsp3) is 0.636. The number of hydrogen-bond acceptors (Lipinski definition) is 3. The van der Waals surface area contributed by atoms with Crippen molar-refractivity contribution in [3.63, 3.8) is 0 Å². The SMILES string of the molecule is CC(C)(C)Sc1ccc(CCCN)o1. The predicted molar refractivity (Wildman–Crippen MR) is 61.7 cm³/mol. The van der Waals surface area contributed by atoms with E-state index in [-0.39, 0.29) is 4.75 Å². The largest absolute Gasteiger partial charge is 0.455 e. The van der Waals surface area contributed by atoms with Crippen molar-refractivity contribution in [3.05, 3.63) is 17.9 Å². The molecule has 14 heavy (non-hydrogen) atoms. The number of furan rings is 1. The Bertz CT molecular complexity index is 275. The van der Waals surface area contributed by atoms with Crippen LogP contribution in [0.4, 0.5) is 0 Å². The van der Waals surface area contributed by atoms with E-state index in [0.717, 1.165) is 30.2 Å². The molecule has 0 aromatic carbocycles. The summed E-state index contributed by atoms with van der Waals surface area (Å²) >= 11 is 1.76. The van der Waals surface area contributed by atoms with Crippen LogP contribution in [0.25, 0.3) is 0 Å². The second kappa shape index (κ2) is 4.89. The van der Waals surface area contributed by atoms with Gasteiger partial charge < -0.3 is 10.2 Å². The lowest BCUT2D eigenvalue weighted by atomic mass is 10.2. The van der Waals surface area contributed by atoms with Crippen molar-refractivity contribution in [1.82, 2.24) is 0 Å². The van der Waals surface area contributed by atoms with E-state index >= 15 is 0 Å². The Labute approximate surface area is 90.2 Å². The molecule has 2 N–H and O–H groups in total. The summed E-state index contributed by atoms with van der Waals surface area (Å²) in [6.45, 7) is 7.27. The summed E-state index contributed by atoms with van der Waals surface area (Å²) in [6, 6.07) is 4.09. The molecule has 0 radical (unpaired) electrons. The van der Waals surface area contributed by atoms with Gasteiger partial charge >= 0.3 is 0 Å². The van der Waals surface area contributed by atoms with Crippen LogP contribution in [0.1, 0.15) is 33.0 Å². The summed E-state index contributed by atoms with van der Waals surface area (Å²) in [5.74, 6) is 1.04. The Morgan fingerprint density at radius 2 is 2.07 bits per heavy atom. The molecule has 0 aliphatic rings. The number of nitrogens with two attached hydrogens (primary N) is 1. The van der Waals surface area contributed by atoms with Crippen molar-refractivity contribution in [2.45, 2.75) is 43.5 Å². The molecule has 0 fully saturated rings. The standard InChI is InChI=1S/C11H19NOS/c1-11(2,3)14-10-7-6-9(13-10)5-4-8-12/h6-7H,4-5,8,12H2,1-3H3. The van der Waals surface area contributed by atoms with Gasteiger partial charge in [-0.1, -0.05) is 32.5 Å². The van der Waals surface area contributed by atoms with Crippen molar-refractivity contribution in [2.24, 2.45) is 5.73 Å². The molecule has 0 spiro atoms. The van der Waals surface area contributed by atoms with Crippen LogP contribution >= 0.6 is 11.8 Å². The molecule has 0 atom stereocenters. The highest BCUT2D eigenvalue weighted by molar-refractivity contribution is 8.00. The van der Waals surface area contributed by atoms with Gasteiger partial charge in [-0.3, -0.25) is 0 Å². The van der Waals surface area contributed by atoms with Gasteiger partial charge in [0.05, 0.1) is 0 Å². The maximum Gasteiger partial charge on any atom is 0.160 e. The Morgan fingerprint density at radius 3 is 2.64 bits per heavy atom. The minimum Gasteiger partial charge on any atom is -0.455 e. The zero-order valence-corrected chi connectivity index (χ0v) is 9.99. The minimum absolute atomic E-state index is 0.211. The Kier molecular flexibility index (Phi) is 4.08. The number of aryl methyl sites for hydroxylation is 1. The topological polar surface area (TPSA) is 39.2 Å². The van der Waals surface area contributed by atoms with Gasteiger partial charge in [-0.2, -0.15) is 0 Å². The average molecular weight is 213 g/mol. The Hall–Kier alpha value is -0.410. The highest BCUT2D eigenvalue weighted by atomic mass is 32.2. The monoisotopic (exact) mass is 213 g/mol. The van der Waals surface area contributed by atoms with Crippen molar-refractivity contribution >= 4 is 11.8 Å². The molecule has 0 saturated heterocycles. The van der Waals surface area contributed by atoms with Crippen LogP contribution in [0, 0.1) is 0 Å². The first-order chi connectivity index (χ1) is 6.51. The van der Waals surface area contributed by atoms with Gasteiger partial charge in [0, 0.05) is 11.2 Å². The molecule has 1 heterocycles. The molecule has 1 aromatic heterocycles. The van der Waals surface area contributed by atoms with Crippen molar-refractivity contribution in [2.75, 3.05) is 6.54 Å². The lowest BCUT2D eigenvalue weighted by Gasteiger charge is -2.14. The van der Waals surface area contributed by atoms with Crippen LogP contribution in [0.2, 0.25) is 0 Å². The molecular weight excluding hydrogens is 194 g/mol. The molecule has 0 aliphatic carbocycles. The summed E-state index contributed by atoms with van der Waals surface area (Å²) in [5, 5.41) is 1.00. The van der Waals surface area contributed by atoms with Gasteiger partial charge in [-0.25, -0.2) is 0 Å². The average Bonchev–Trinajstić information content (AvgIpc) is 2.46. The fourth-order valence-electron chi connectivity index (χ4n) is 1.13. The highest BCUT2D eigenvalue weighted by Gasteiger charge is 2.14. The zero-order chi connectivity index (χ0) is 10.6. The lowest BCUT2D eigenvalue weighted by Crippen LogP contribution is -2.05. The number of hydrogen-bond donors (Lipinski definition) is 1.